The number of methoxy groups -OCH3 is 1. The predicted octanol–water partition coefficient (Wildman–Crippen LogP) is 0.576. The molecular formula is C16H21N3O4. The first-order valence-electron chi connectivity index (χ1n) is 7.53. The average molecular weight is 319 g/mol. The standard InChI is InChI=1S/C16H21N3O4/c1-23-16(22)13-2-4-14(5-3-13)17-7-6-15(21)19-10-8-18(12-20)9-11-19/h2-5,12,17H,6-11H2,1H3. The van der Waals surface area contributed by atoms with E-state index in [0.29, 0.717) is 44.7 Å². The lowest BCUT2D eigenvalue weighted by atomic mass is 10.2. The van der Waals surface area contributed by atoms with E-state index in [1.807, 2.05) is 0 Å². The summed E-state index contributed by atoms with van der Waals surface area (Å²) in [7, 11) is 1.34. The molecule has 1 heterocycles. The van der Waals surface area contributed by atoms with Crippen LogP contribution in [0.1, 0.15) is 16.8 Å². The van der Waals surface area contributed by atoms with E-state index in [9.17, 15) is 14.4 Å². The largest absolute Gasteiger partial charge is 0.465 e. The highest BCUT2D eigenvalue weighted by molar-refractivity contribution is 5.89. The number of ether oxygens (including phenoxy) is 1. The summed E-state index contributed by atoms with van der Waals surface area (Å²) in [5.41, 5.74) is 1.33. The number of carbonyl (C=O) groups is 3. The van der Waals surface area contributed by atoms with Crippen molar-refractivity contribution in [2.75, 3.05) is 45.2 Å². The Balaban J connectivity index is 1.73. The van der Waals surface area contributed by atoms with Crippen molar-refractivity contribution in [1.82, 2.24) is 9.80 Å². The Bertz CT molecular complexity index is 551. The summed E-state index contributed by atoms with van der Waals surface area (Å²) >= 11 is 0. The third-order valence-corrected chi connectivity index (χ3v) is 3.79. The maximum absolute atomic E-state index is 12.1. The van der Waals surface area contributed by atoms with Crippen LogP contribution in [-0.4, -0.2) is 67.9 Å². The van der Waals surface area contributed by atoms with Gasteiger partial charge in [0, 0.05) is 44.8 Å². The maximum atomic E-state index is 12.1. The molecule has 2 amide bonds. The van der Waals surface area contributed by atoms with Crippen LogP contribution < -0.4 is 5.32 Å². The Kier molecular flexibility index (Phi) is 5.96. The fourth-order valence-electron chi connectivity index (χ4n) is 2.39. The van der Waals surface area contributed by atoms with Gasteiger partial charge in [0.15, 0.2) is 0 Å². The van der Waals surface area contributed by atoms with Gasteiger partial charge < -0.3 is 19.9 Å². The molecular weight excluding hydrogens is 298 g/mol. The van der Waals surface area contributed by atoms with Crippen LogP contribution in [0.5, 0.6) is 0 Å². The maximum Gasteiger partial charge on any atom is 0.337 e. The number of benzene rings is 1. The lowest BCUT2D eigenvalue weighted by Gasteiger charge is -2.32. The van der Waals surface area contributed by atoms with Crippen molar-refractivity contribution in [3.63, 3.8) is 0 Å². The Morgan fingerprint density at radius 3 is 2.39 bits per heavy atom. The number of hydrogen-bond donors (Lipinski definition) is 1. The summed E-state index contributed by atoms with van der Waals surface area (Å²) in [6, 6.07) is 6.91. The number of esters is 1. The van der Waals surface area contributed by atoms with Gasteiger partial charge in [0.2, 0.25) is 12.3 Å². The molecule has 1 N–H and O–H groups in total. The molecule has 1 aliphatic rings. The van der Waals surface area contributed by atoms with Gasteiger partial charge in [-0.15, -0.1) is 0 Å². The van der Waals surface area contributed by atoms with Crippen molar-refractivity contribution in [2.24, 2.45) is 0 Å². The van der Waals surface area contributed by atoms with Gasteiger partial charge in [0.05, 0.1) is 12.7 Å². The minimum atomic E-state index is -0.374. The second kappa shape index (κ2) is 8.17. The molecule has 7 heteroatoms. The number of anilines is 1. The summed E-state index contributed by atoms with van der Waals surface area (Å²) in [5, 5.41) is 3.15. The Morgan fingerprint density at radius 2 is 1.83 bits per heavy atom. The van der Waals surface area contributed by atoms with Gasteiger partial charge in [0.25, 0.3) is 0 Å². The van der Waals surface area contributed by atoms with E-state index in [0.717, 1.165) is 12.1 Å². The second-order valence-corrected chi connectivity index (χ2v) is 5.27. The van der Waals surface area contributed by atoms with Gasteiger partial charge >= 0.3 is 5.97 Å². The molecule has 0 spiro atoms. The molecule has 0 bridgehead atoms. The van der Waals surface area contributed by atoms with Crippen LogP contribution in [0.4, 0.5) is 5.69 Å². The zero-order valence-corrected chi connectivity index (χ0v) is 13.2. The fraction of sp³-hybridized carbons (Fsp3) is 0.438. The van der Waals surface area contributed by atoms with E-state index in [1.54, 1.807) is 34.1 Å². The van der Waals surface area contributed by atoms with E-state index in [1.165, 1.54) is 7.11 Å². The van der Waals surface area contributed by atoms with Gasteiger partial charge in [-0.1, -0.05) is 0 Å². The van der Waals surface area contributed by atoms with E-state index in [4.69, 9.17) is 0 Å². The van der Waals surface area contributed by atoms with E-state index >= 15 is 0 Å². The Hall–Kier alpha value is -2.57. The molecule has 0 radical (unpaired) electrons. The molecule has 1 aromatic carbocycles. The Labute approximate surface area is 135 Å². The summed E-state index contributed by atoms with van der Waals surface area (Å²) in [6.07, 6.45) is 1.21. The molecule has 0 aliphatic carbocycles. The number of hydrogen-bond acceptors (Lipinski definition) is 5. The molecule has 124 valence electrons. The first-order chi connectivity index (χ1) is 11.1. The van der Waals surface area contributed by atoms with Crippen LogP contribution in [0.15, 0.2) is 24.3 Å². The second-order valence-electron chi connectivity index (χ2n) is 5.27. The highest BCUT2D eigenvalue weighted by atomic mass is 16.5. The van der Waals surface area contributed by atoms with Gasteiger partial charge in [-0.05, 0) is 24.3 Å². The molecule has 23 heavy (non-hydrogen) atoms. The predicted molar refractivity (Wildman–Crippen MR) is 85.1 cm³/mol. The van der Waals surface area contributed by atoms with E-state index in [2.05, 4.69) is 10.1 Å². The molecule has 0 saturated carbocycles. The van der Waals surface area contributed by atoms with Crippen LogP contribution in [0.25, 0.3) is 0 Å². The van der Waals surface area contributed by atoms with Crippen molar-refractivity contribution in [3.8, 4) is 0 Å². The smallest absolute Gasteiger partial charge is 0.337 e. The van der Waals surface area contributed by atoms with Gasteiger partial charge in [-0.25, -0.2) is 4.79 Å². The van der Waals surface area contributed by atoms with Crippen molar-refractivity contribution in [2.45, 2.75) is 6.42 Å². The highest BCUT2D eigenvalue weighted by Crippen LogP contribution is 2.10. The minimum absolute atomic E-state index is 0.0780. The number of piperazine rings is 1. The lowest BCUT2D eigenvalue weighted by molar-refractivity contribution is -0.134. The lowest BCUT2D eigenvalue weighted by Crippen LogP contribution is -2.48. The number of nitrogens with one attached hydrogen (secondary N) is 1. The molecule has 1 saturated heterocycles. The molecule has 1 aromatic rings. The zero-order valence-electron chi connectivity index (χ0n) is 13.2. The highest BCUT2D eigenvalue weighted by Gasteiger charge is 2.19. The molecule has 0 aromatic heterocycles. The van der Waals surface area contributed by atoms with Gasteiger partial charge in [0.1, 0.15) is 0 Å². The first kappa shape index (κ1) is 16.8. The minimum Gasteiger partial charge on any atom is -0.465 e. The van der Waals surface area contributed by atoms with Crippen molar-refractivity contribution in [3.05, 3.63) is 29.8 Å². The van der Waals surface area contributed by atoms with Crippen LogP contribution in [0, 0.1) is 0 Å². The van der Waals surface area contributed by atoms with E-state index < -0.39 is 0 Å². The third kappa shape index (κ3) is 4.70. The SMILES string of the molecule is COC(=O)c1ccc(NCCC(=O)N2CCN(C=O)CC2)cc1. The first-order valence-corrected chi connectivity index (χ1v) is 7.53. The quantitative estimate of drug-likeness (QED) is 0.613. The van der Waals surface area contributed by atoms with Crippen molar-refractivity contribution < 1.29 is 19.1 Å². The Morgan fingerprint density at radius 1 is 1.17 bits per heavy atom. The third-order valence-electron chi connectivity index (χ3n) is 3.79. The number of rotatable bonds is 6. The summed E-state index contributed by atoms with van der Waals surface area (Å²) in [5.74, 6) is -0.296. The molecule has 2 rings (SSSR count). The van der Waals surface area contributed by atoms with Gasteiger partial charge in [-0.3, -0.25) is 9.59 Å². The average Bonchev–Trinajstić information content (AvgIpc) is 2.61. The van der Waals surface area contributed by atoms with E-state index in [-0.39, 0.29) is 11.9 Å². The fourth-order valence-corrected chi connectivity index (χ4v) is 2.39. The van der Waals surface area contributed by atoms with Crippen molar-refractivity contribution >= 4 is 24.0 Å². The summed E-state index contributed by atoms with van der Waals surface area (Å²) in [6.45, 7) is 2.89. The zero-order chi connectivity index (χ0) is 16.7. The molecule has 1 fully saturated rings. The number of carbonyl (C=O) groups excluding carboxylic acids is 3. The van der Waals surface area contributed by atoms with Crippen LogP contribution in [0.3, 0.4) is 0 Å². The normalized spacial score (nSPS) is 14.3. The summed E-state index contributed by atoms with van der Waals surface area (Å²) in [4.78, 5) is 37.5. The molecule has 0 unspecified atom stereocenters. The van der Waals surface area contributed by atoms with Crippen LogP contribution in [0.2, 0.25) is 0 Å². The molecule has 7 nitrogen and oxygen atoms in total. The summed E-state index contributed by atoms with van der Waals surface area (Å²) < 4.78 is 4.64. The number of amides is 2. The number of nitrogens with zero attached hydrogens (tertiary/aromatic N) is 2. The van der Waals surface area contributed by atoms with Gasteiger partial charge in [-0.2, -0.15) is 0 Å². The van der Waals surface area contributed by atoms with Crippen LogP contribution >= 0.6 is 0 Å². The van der Waals surface area contributed by atoms with Crippen LogP contribution in [-0.2, 0) is 14.3 Å². The monoisotopic (exact) mass is 319 g/mol. The molecule has 0 atom stereocenters. The topological polar surface area (TPSA) is 79.0 Å². The molecule has 1 aliphatic heterocycles. The van der Waals surface area contributed by atoms with Crippen molar-refractivity contribution in [1.29, 1.82) is 0 Å².